The summed E-state index contributed by atoms with van der Waals surface area (Å²) in [6, 6.07) is 3.92. The summed E-state index contributed by atoms with van der Waals surface area (Å²) in [6.45, 7) is 6.30. The van der Waals surface area contributed by atoms with E-state index in [1.807, 2.05) is 19.1 Å². The molecule has 1 N–H and O–H groups in total. The molecule has 0 aliphatic heterocycles. The first-order valence-electron chi connectivity index (χ1n) is 6.01. The average molecular weight is 301 g/mol. The minimum atomic E-state index is -0.461. The maximum Gasteiger partial charge on any atom is 0.125 e. The summed E-state index contributed by atoms with van der Waals surface area (Å²) in [5, 5.41) is 10.2. The molecular formula is C14H21BrO2. The van der Waals surface area contributed by atoms with Gasteiger partial charge in [-0.05, 0) is 37.0 Å². The van der Waals surface area contributed by atoms with Gasteiger partial charge in [-0.2, -0.15) is 0 Å². The molecule has 0 radical (unpaired) electrons. The SMILES string of the molecule is CCC(C)CC(O)c1cc(Br)c(C)cc1OC. The van der Waals surface area contributed by atoms with Gasteiger partial charge in [0.1, 0.15) is 5.75 Å². The summed E-state index contributed by atoms with van der Waals surface area (Å²) in [5.74, 6) is 1.27. The fraction of sp³-hybridized carbons (Fsp3) is 0.571. The van der Waals surface area contributed by atoms with Crippen LogP contribution in [0, 0.1) is 12.8 Å². The Hall–Kier alpha value is -0.540. The molecule has 96 valence electrons. The van der Waals surface area contributed by atoms with E-state index in [4.69, 9.17) is 4.74 Å². The highest BCUT2D eigenvalue weighted by atomic mass is 79.9. The fourth-order valence-corrected chi connectivity index (χ4v) is 2.14. The summed E-state index contributed by atoms with van der Waals surface area (Å²) in [7, 11) is 1.64. The Morgan fingerprint density at radius 3 is 2.59 bits per heavy atom. The van der Waals surface area contributed by atoms with Crippen LogP contribution >= 0.6 is 15.9 Å². The molecule has 0 aromatic heterocycles. The quantitative estimate of drug-likeness (QED) is 0.881. The Labute approximate surface area is 112 Å². The van der Waals surface area contributed by atoms with E-state index < -0.39 is 6.10 Å². The second-order valence-corrected chi connectivity index (χ2v) is 5.46. The van der Waals surface area contributed by atoms with E-state index in [-0.39, 0.29) is 0 Å². The Balaban J connectivity index is 2.99. The Morgan fingerprint density at radius 2 is 2.06 bits per heavy atom. The lowest BCUT2D eigenvalue weighted by molar-refractivity contribution is 0.143. The van der Waals surface area contributed by atoms with Crippen molar-refractivity contribution in [3.05, 3.63) is 27.7 Å². The van der Waals surface area contributed by atoms with Gasteiger partial charge in [-0.25, -0.2) is 0 Å². The molecule has 2 nitrogen and oxygen atoms in total. The van der Waals surface area contributed by atoms with Crippen LogP contribution in [0.2, 0.25) is 0 Å². The number of aliphatic hydroxyl groups excluding tert-OH is 1. The van der Waals surface area contributed by atoms with Crippen LogP contribution in [0.4, 0.5) is 0 Å². The van der Waals surface area contributed by atoms with Crippen LogP contribution in [0.25, 0.3) is 0 Å². The topological polar surface area (TPSA) is 29.5 Å². The number of ether oxygens (including phenoxy) is 1. The van der Waals surface area contributed by atoms with Crippen LogP contribution in [0.1, 0.15) is 43.9 Å². The molecule has 0 amide bonds. The first kappa shape index (κ1) is 14.5. The number of rotatable bonds is 5. The van der Waals surface area contributed by atoms with Crippen LogP contribution in [-0.4, -0.2) is 12.2 Å². The summed E-state index contributed by atoms with van der Waals surface area (Å²) in [4.78, 5) is 0. The largest absolute Gasteiger partial charge is 0.496 e. The van der Waals surface area contributed by atoms with Crippen molar-refractivity contribution < 1.29 is 9.84 Å². The normalized spacial score (nSPS) is 14.5. The van der Waals surface area contributed by atoms with Gasteiger partial charge in [0.2, 0.25) is 0 Å². The standard InChI is InChI=1S/C14H21BrO2/c1-5-9(2)6-13(16)11-8-12(15)10(3)7-14(11)17-4/h7-9,13,16H,5-6H2,1-4H3. The average Bonchev–Trinajstić information content (AvgIpc) is 2.31. The summed E-state index contributed by atoms with van der Waals surface area (Å²) < 4.78 is 6.35. The first-order valence-corrected chi connectivity index (χ1v) is 6.81. The highest BCUT2D eigenvalue weighted by molar-refractivity contribution is 9.10. The third kappa shape index (κ3) is 3.71. The molecule has 1 rings (SSSR count). The second-order valence-electron chi connectivity index (χ2n) is 4.61. The molecule has 3 heteroatoms. The zero-order valence-electron chi connectivity index (χ0n) is 11.0. The van der Waals surface area contributed by atoms with E-state index in [1.165, 1.54) is 0 Å². The summed E-state index contributed by atoms with van der Waals surface area (Å²) in [5.41, 5.74) is 1.98. The number of benzene rings is 1. The molecule has 2 unspecified atom stereocenters. The third-order valence-electron chi connectivity index (χ3n) is 3.19. The van der Waals surface area contributed by atoms with Gasteiger partial charge in [0.25, 0.3) is 0 Å². The van der Waals surface area contributed by atoms with E-state index in [2.05, 4.69) is 29.8 Å². The van der Waals surface area contributed by atoms with Crippen molar-refractivity contribution in [2.75, 3.05) is 7.11 Å². The maximum atomic E-state index is 10.2. The zero-order valence-corrected chi connectivity index (χ0v) is 12.5. The fourth-order valence-electron chi connectivity index (χ4n) is 1.78. The Kier molecular flexibility index (Phi) is 5.47. The van der Waals surface area contributed by atoms with Crippen LogP contribution < -0.4 is 4.74 Å². The molecule has 0 aliphatic carbocycles. The van der Waals surface area contributed by atoms with Crippen LogP contribution in [0.3, 0.4) is 0 Å². The Morgan fingerprint density at radius 1 is 1.41 bits per heavy atom. The smallest absolute Gasteiger partial charge is 0.125 e. The monoisotopic (exact) mass is 300 g/mol. The van der Waals surface area contributed by atoms with E-state index in [1.54, 1.807) is 7.11 Å². The minimum Gasteiger partial charge on any atom is -0.496 e. The predicted molar refractivity (Wildman–Crippen MR) is 74.5 cm³/mol. The number of hydrogen-bond donors (Lipinski definition) is 1. The molecule has 0 spiro atoms. The number of aryl methyl sites for hydroxylation is 1. The molecule has 0 aliphatic rings. The number of halogens is 1. The van der Waals surface area contributed by atoms with Gasteiger partial charge in [0.15, 0.2) is 0 Å². The first-order chi connectivity index (χ1) is 7.99. The van der Waals surface area contributed by atoms with Crippen molar-refractivity contribution in [3.8, 4) is 5.75 Å². The van der Waals surface area contributed by atoms with Crippen molar-refractivity contribution in [2.45, 2.75) is 39.7 Å². The molecule has 2 atom stereocenters. The van der Waals surface area contributed by atoms with E-state index >= 15 is 0 Å². The van der Waals surface area contributed by atoms with Crippen LogP contribution in [0.15, 0.2) is 16.6 Å². The molecule has 1 aromatic carbocycles. The van der Waals surface area contributed by atoms with E-state index in [9.17, 15) is 5.11 Å². The van der Waals surface area contributed by atoms with E-state index in [0.717, 1.165) is 34.2 Å². The number of methoxy groups -OCH3 is 1. The van der Waals surface area contributed by atoms with Crippen molar-refractivity contribution in [1.29, 1.82) is 0 Å². The second kappa shape index (κ2) is 6.41. The molecule has 0 bridgehead atoms. The van der Waals surface area contributed by atoms with E-state index in [0.29, 0.717) is 5.92 Å². The molecule has 0 fully saturated rings. The highest BCUT2D eigenvalue weighted by Gasteiger charge is 2.17. The van der Waals surface area contributed by atoms with Gasteiger partial charge in [0, 0.05) is 10.0 Å². The van der Waals surface area contributed by atoms with Crippen LogP contribution in [0.5, 0.6) is 5.75 Å². The predicted octanol–water partition coefficient (Wildman–Crippen LogP) is 4.24. The lowest BCUT2D eigenvalue weighted by Crippen LogP contribution is -2.06. The van der Waals surface area contributed by atoms with Gasteiger partial charge in [-0.15, -0.1) is 0 Å². The maximum absolute atomic E-state index is 10.2. The van der Waals surface area contributed by atoms with Crippen molar-refractivity contribution in [2.24, 2.45) is 5.92 Å². The lowest BCUT2D eigenvalue weighted by Gasteiger charge is -2.19. The van der Waals surface area contributed by atoms with Crippen molar-refractivity contribution >= 4 is 15.9 Å². The summed E-state index contributed by atoms with van der Waals surface area (Å²) in [6.07, 6.45) is 1.38. The van der Waals surface area contributed by atoms with Gasteiger partial charge in [-0.3, -0.25) is 0 Å². The molecular weight excluding hydrogens is 280 g/mol. The third-order valence-corrected chi connectivity index (χ3v) is 4.05. The highest BCUT2D eigenvalue weighted by Crippen LogP contribution is 2.34. The van der Waals surface area contributed by atoms with Gasteiger partial charge in [0.05, 0.1) is 13.2 Å². The molecule has 0 heterocycles. The molecule has 1 aromatic rings. The van der Waals surface area contributed by atoms with Gasteiger partial charge >= 0.3 is 0 Å². The zero-order chi connectivity index (χ0) is 13.0. The molecule has 0 saturated heterocycles. The minimum absolute atomic E-state index is 0.461. The number of hydrogen-bond acceptors (Lipinski definition) is 2. The number of aliphatic hydroxyl groups is 1. The lowest BCUT2D eigenvalue weighted by atomic mass is 9.95. The van der Waals surface area contributed by atoms with Crippen molar-refractivity contribution in [1.82, 2.24) is 0 Å². The molecule has 17 heavy (non-hydrogen) atoms. The Bertz CT molecular complexity index is 377. The van der Waals surface area contributed by atoms with Crippen LogP contribution in [-0.2, 0) is 0 Å². The van der Waals surface area contributed by atoms with Gasteiger partial charge < -0.3 is 9.84 Å². The molecule has 0 saturated carbocycles. The van der Waals surface area contributed by atoms with Crippen molar-refractivity contribution in [3.63, 3.8) is 0 Å². The van der Waals surface area contributed by atoms with Gasteiger partial charge in [-0.1, -0.05) is 36.2 Å². The summed E-state index contributed by atoms with van der Waals surface area (Å²) >= 11 is 3.49.